The largest absolute Gasteiger partial charge is 0.309 e. The molecule has 0 aliphatic rings. The van der Waals surface area contributed by atoms with Crippen LogP contribution in [0.1, 0.15) is 0 Å². The van der Waals surface area contributed by atoms with Crippen LogP contribution in [0.25, 0.3) is 95.8 Å². The van der Waals surface area contributed by atoms with Gasteiger partial charge in [0, 0.05) is 49.8 Å². The van der Waals surface area contributed by atoms with Crippen molar-refractivity contribution < 1.29 is 0 Å². The van der Waals surface area contributed by atoms with Crippen LogP contribution >= 0.6 is 0 Å². The molecule has 258 valence electrons. The van der Waals surface area contributed by atoms with Crippen LogP contribution < -0.4 is 0 Å². The van der Waals surface area contributed by atoms with Crippen molar-refractivity contribution in [2.45, 2.75) is 0 Å². The minimum absolute atomic E-state index is 0.601. The quantitative estimate of drug-likeness (QED) is 0.164. The van der Waals surface area contributed by atoms with Gasteiger partial charge in [-0.1, -0.05) is 140 Å². The summed E-state index contributed by atoms with van der Waals surface area (Å²) in [7, 11) is 0. The van der Waals surface area contributed by atoms with Gasteiger partial charge in [-0.05, 0) is 48.5 Å². The van der Waals surface area contributed by atoms with Crippen LogP contribution in [0.15, 0.2) is 188 Å². The molecule has 55 heavy (non-hydrogen) atoms. The van der Waals surface area contributed by atoms with Gasteiger partial charge in [-0.3, -0.25) is 0 Å². The van der Waals surface area contributed by atoms with Crippen LogP contribution in [-0.4, -0.2) is 34.5 Å². The number of para-hydroxylation sites is 1. The standard InChI is InChI=1S/C48H31N7/c1-6-16-32(17-7-1)43-49-44(33-18-8-2-9-19-33)52-47(51-43)36-26-28-41-39(30-36)40-31-37(27-29-42(40)55(41)38-24-14-5-15-25-38)48-53-45(34-20-10-3-11-21-34)50-46(54-48)35-22-12-4-13-23-35/h1-31H. The highest BCUT2D eigenvalue weighted by Gasteiger charge is 2.19. The van der Waals surface area contributed by atoms with Gasteiger partial charge in [0.2, 0.25) is 0 Å². The van der Waals surface area contributed by atoms with E-state index in [-0.39, 0.29) is 0 Å². The van der Waals surface area contributed by atoms with E-state index in [4.69, 9.17) is 29.9 Å². The van der Waals surface area contributed by atoms with Gasteiger partial charge in [-0.25, -0.2) is 29.9 Å². The molecule has 10 aromatic rings. The Hall–Kier alpha value is -7.64. The second kappa shape index (κ2) is 13.7. The molecule has 7 nitrogen and oxygen atoms in total. The molecule has 0 spiro atoms. The van der Waals surface area contributed by atoms with E-state index in [1.54, 1.807) is 0 Å². The molecule has 7 aromatic carbocycles. The molecule has 0 saturated heterocycles. The van der Waals surface area contributed by atoms with Gasteiger partial charge in [0.25, 0.3) is 0 Å². The maximum Gasteiger partial charge on any atom is 0.164 e. The highest BCUT2D eigenvalue weighted by molar-refractivity contribution is 6.11. The topological polar surface area (TPSA) is 82.3 Å². The first-order valence-corrected chi connectivity index (χ1v) is 18.1. The smallest absolute Gasteiger partial charge is 0.164 e. The van der Waals surface area contributed by atoms with Crippen LogP contribution in [0.3, 0.4) is 0 Å². The Labute approximate surface area is 317 Å². The van der Waals surface area contributed by atoms with E-state index in [2.05, 4.69) is 65.2 Å². The Morgan fingerprint density at radius 2 is 0.527 bits per heavy atom. The van der Waals surface area contributed by atoms with Gasteiger partial charge in [0.15, 0.2) is 34.9 Å². The van der Waals surface area contributed by atoms with Gasteiger partial charge in [0.1, 0.15) is 0 Å². The minimum Gasteiger partial charge on any atom is -0.309 e. The number of hydrogen-bond acceptors (Lipinski definition) is 6. The lowest BCUT2D eigenvalue weighted by Gasteiger charge is -2.10. The summed E-state index contributed by atoms with van der Waals surface area (Å²) < 4.78 is 2.30. The number of fused-ring (bicyclic) bond motifs is 3. The fraction of sp³-hybridized carbons (Fsp3) is 0. The maximum absolute atomic E-state index is 5.04. The van der Waals surface area contributed by atoms with Crippen LogP contribution in [0, 0.1) is 0 Å². The van der Waals surface area contributed by atoms with Crippen molar-refractivity contribution in [3.8, 4) is 74.0 Å². The van der Waals surface area contributed by atoms with Gasteiger partial charge in [-0.15, -0.1) is 0 Å². The molecule has 10 rings (SSSR count). The second-order valence-electron chi connectivity index (χ2n) is 13.2. The molecule has 3 aromatic heterocycles. The zero-order valence-electron chi connectivity index (χ0n) is 29.5. The molecule has 0 radical (unpaired) electrons. The lowest BCUT2D eigenvalue weighted by molar-refractivity contribution is 1.07. The highest BCUT2D eigenvalue weighted by atomic mass is 15.0. The van der Waals surface area contributed by atoms with E-state index in [9.17, 15) is 0 Å². The fourth-order valence-corrected chi connectivity index (χ4v) is 7.03. The zero-order chi connectivity index (χ0) is 36.6. The average Bonchev–Trinajstić information content (AvgIpc) is 3.60. The third-order valence-corrected chi connectivity index (χ3v) is 9.69. The van der Waals surface area contributed by atoms with Crippen LogP contribution in [0.4, 0.5) is 0 Å². The van der Waals surface area contributed by atoms with Crippen molar-refractivity contribution in [3.05, 3.63) is 188 Å². The first-order valence-electron chi connectivity index (χ1n) is 18.1. The Morgan fingerprint density at radius 1 is 0.255 bits per heavy atom. The molecule has 0 unspecified atom stereocenters. The summed E-state index contributed by atoms with van der Waals surface area (Å²) in [6, 6.07) is 63.6. The molecule has 0 bridgehead atoms. The predicted molar refractivity (Wildman–Crippen MR) is 220 cm³/mol. The summed E-state index contributed by atoms with van der Waals surface area (Å²) >= 11 is 0. The number of benzene rings is 7. The van der Waals surface area contributed by atoms with Crippen molar-refractivity contribution >= 4 is 21.8 Å². The Bertz CT molecular complexity index is 2650. The predicted octanol–water partition coefficient (Wildman–Crippen LogP) is 11.2. The van der Waals surface area contributed by atoms with E-state index >= 15 is 0 Å². The summed E-state index contributed by atoms with van der Waals surface area (Å²) in [6.07, 6.45) is 0. The fourth-order valence-electron chi connectivity index (χ4n) is 7.03. The van der Waals surface area contributed by atoms with Crippen molar-refractivity contribution in [1.82, 2.24) is 34.5 Å². The zero-order valence-corrected chi connectivity index (χ0v) is 29.5. The number of hydrogen-bond donors (Lipinski definition) is 0. The van der Waals surface area contributed by atoms with E-state index in [0.717, 1.165) is 60.9 Å². The average molecular weight is 706 g/mol. The summed E-state index contributed by atoms with van der Waals surface area (Å²) in [6.45, 7) is 0. The van der Waals surface area contributed by atoms with E-state index in [1.807, 2.05) is 127 Å². The molecule has 0 N–H and O–H groups in total. The Kier molecular flexibility index (Phi) is 8.00. The summed E-state index contributed by atoms with van der Waals surface area (Å²) in [5.74, 6) is 3.69. The second-order valence-corrected chi connectivity index (χ2v) is 13.2. The normalized spacial score (nSPS) is 11.3. The molecule has 0 saturated carbocycles. The highest BCUT2D eigenvalue weighted by Crippen LogP contribution is 2.37. The molecule has 0 fully saturated rings. The molecule has 0 aliphatic heterocycles. The van der Waals surface area contributed by atoms with Crippen molar-refractivity contribution in [2.75, 3.05) is 0 Å². The van der Waals surface area contributed by atoms with E-state index < -0.39 is 0 Å². The van der Waals surface area contributed by atoms with Crippen molar-refractivity contribution in [1.29, 1.82) is 0 Å². The number of nitrogens with zero attached hydrogens (tertiary/aromatic N) is 7. The van der Waals surface area contributed by atoms with Crippen LogP contribution in [-0.2, 0) is 0 Å². The molecule has 0 amide bonds. The maximum atomic E-state index is 5.04. The molecule has 0 atom stereocenters. The molecule has 0 aliphatic carbocycles. The third-order valence-electron chi connectivity index (χ3n) is 9.69. The Morgan fingerprint density at radius 3 is 0.836 bits per heavy atom. The molecular weight excluding hydrogens is 675 g/mol. The van der Waals surface area contributed by atoms with E-state index in [0.29, 0.717) is 34.9 Å². The SMILES string of the molecule is c1ccc(-c2nc(-c3ccccc3)nc(-c3ccc4c(c3)c3cc(-c5nc(-c6ccccc6)nc(-c6ccccc6)n5)ccc3n4-c3ccccc3)n2)cc1. The van der Waals surface area contributed by atoms with Gasteiger partial charge < -0.3 is 4.57 Å². The van der Waals surface area contributed by atoms with Crippen LogP contribution in [0.2, 0.25) is 0 Å². The lowest BCUT2D eigenvalue weighted by Crippen LogP contribution is -2.00. The monoisotopic (exact) mass is 705 g/mol. The van der Waals surface area contributed by atoms with Crippen molar-refractivity contribution in [2.24, 2.45) is 0 Å². The lowest BCUT2D eigenvalue weighted by atomic mass is 10.1. The first-order chi connectivity index (χ1) is 27.2. The van der Waals surface area contributed by atoms with Gasteiger partial charge in [0.05, 0.1) is 11.0 Å². The molecule has 7 heteroatoms. The summed E-state index contributed by atoms with van der Waals surface area (Å²) in [5, 5.41) is 2.11. The van der Waals surface area contributed by atoms with Gasteiger partial charge in [-0.2, -0.15) is 0 Å². The van der Waals surface area contributed by atoms with Crippen LogP contribution in [0.5, 0.6) is 0 Å². The number of aromatic nitrogens is 7. The summed E-state index contributed by atoms with van der Waals surface area (Å²) in [5.41, 5.74) is 8.68. The number of rotatable bonds is 7. The minimum atomic E-state index is 0.601. The molecule has 3 heterocycles. The van der Waals surface area contributed by atoms with E-state index in [1.165, 1.54) is 0 Å². The summed E-state index contributed by atoms with van der Waals surface area (Å²) in [4.78, 5) is 30.0. The molecular formula is C48H31N7. The first kappa shape index (κ1) is 32.0. The Balaban J connectivity index is 1.19. The van der Waals surface area contributed by atoms with Crippen molar-refractivity contribution in [3.63, 3.8) is 0 Å². The third kappa shape index (κ3) is 6.09. The van der Waals surface area contributed by atoms with Gasteiger partial charge >= 0.3 is 0 Å².